The molecule has 3 saturated heterocycles. The summed E-state index contributed by atoms with van der Waals surface area (Å²) >= 11 is 0. The maximum absolute atomic E-state index is 14.0. The first kappa shape index (κ1) is 43.1. The molecule has 1 unspecified atom stereocenters. The predicted molar refractivity (Wildman–Crippen MR) is 181 cm³/mol. The molecule has 0 spiro atoms. The van der Waals surface area contributed by atoms with Crippen LogP contribution in [0.5, 0.6) is 0 Å². The number of aliphatic hydroxyl groups is 6. The molecule has 3 rings (SSSR count). The van der Waals surface area contributed by atoms with Crippen molar-refractivity contribution in [1.82, 2.24) is 4.90 Å². The van der Waals surface area contributed by atoms with E-state index in [1.165, 1.54) is 27.7 Å². The van der Waals surface area contributed by atoms with Crippen LogP contribution in [0.3, 0.4) is 0 Å². The van der Waals surface area contributed by atoms with E-state index in [1.807, 2.05) is 25.9 Å². The number of aliphatic hydroxyl groups excluding tert-OH is 3. The normalized spacial score (nSPS) is 50.5. The third-order valence-electron chi connectivity index (χ3n) is 11.4. The highest BCUT2D eigenvalue weighted by molar-refractivity contribution is 5.83. The van der Waals surface area contributed by atoms with Crippen molar-refractivity contribution in [3.63, 3.8) is 0 Å². The van der Waals surface area contributed by atoms with Gasteiger partial charge in [0.25, 0.3) is 0 Å². The van der Waals surface area contributed by atoms with Gasteiger partial charge in [0.1, 0.15) is 29.7 Å². The molecular weight excluding hydrogens is 654 g/mol. The van der Waals surface area contributed by atoms with Crippen molar-refractivity contribution in [1.29, 1.82) is 0 Å². The second-order valence-corrected chi connectivity index (χ2v) is 16.3. The molecule has 0 aromatic rings. The van der Waals surface area contributed by atoms with Crippen molar-refractivity contribution in [3.8, 4) is 0 Å². The number of cyclic esters (lactones) is 1. The van der Waals surface area contributed by atoms with Gasteiger partial charge in [0, 0.05) is 30.2 Å². The Kier molecular flexibility index (Phi) is 14.1. The number of Topliss-reactive ketones (excluding diaryl/α,β-unsaturated/α-hetero) is 1. The van der Waals surface area contributed by atoms with Crippen LogP contribution in [0, 0.1) is 23.7 Å². The van der Waals surface area contributed by atoms with Gasteiger partial charge in [-0.1, -0.05) is 27.7 Å². The third-order valence-corrected chi connectivity index (χ3v) is 11.4. The summed E-state index contributed by atoms with van der Waals surface area (Å²) in [6, 6.07) is -0.337. The predicted octanol–water partition coefficient (Wildman–Crippen LogP) is 1.13. The molecule has 50 heavy (non-hydrogen) atoms. The van der Waals surface area contributed by atoms with Crippen molar-refractivity contribution in [2.45, 2.75) is 179 Å². The Bertz CT molecular complexity index is 1150. The summed E-state index contributed by atoms with van der Waals surface area (Å²) in [4.78, 5) is 29.6. The molecule has 0 aliphatic carbocycles. The first-order chi connectivity index (χ1) is 22.9. The monoisotopic (exact) mass is 719 g/mol. The zero-order valence-corrected chi connectivity index (χ0v) is 32.0. The van der Waals surface area contributed by atoms with Gasteiger partial charge in [-0.15, -0.1) is 0 Å². The second-order valence-electron chi connectivity index (χ2n) is 16.3. The van der Waals surface area contributed by atoms with Gasteiger partial charge in [0.15, 0.2) is 12.6 Å². The Hall–Kier alpha value is -1.30. The van der Waals surface area contributed by atoms with Gasteiger partial charge in [-0.25, -0.2) is 0 Å². The summed E-state index contributed by atoms with van der Waals surface area (Å²) in [5.74, 6) is -5.14. The first-order valence-electron chi connectivity index (χ1n) is 18.1. The Labute approximate surface area is 297 Å². The largest absolute Gasteiger partial charge is 0.459 e. The van der Waals surface area contributed by atoms with Crippen molar-refractivity contribution >= 4 is 11.8 Å². The third kappa shape index (κ3) is 9.25. The minimum atomic E-state index is -2.01. The van der Waals surface area contributed by atoms with Gasteiger partial charge in [0.2, 0.25) is 0 Å². The lowest BCUT2D eigenvalue weighted by molar-refractivity contribution is -0.316. The standard InChI is InChI=1S/C36H65NO13/c1-13-24-36(10,45)29(40)19(4)26(38)17(2)15-35(9,44)31(50-33-27(39)23(37(11)12)14-18(3)46-33)20(5)28(21(6)32(42)48-24)49-25-16-34(8,43)30(41)22(7)47-25/h17-25,27-31,33,39-41,43-45H,13-16H2,1-12H3/t17-,18-,19+,20+,21-,22+,23+,24-,25+,27-,28+,29-,30+,31?,33+,34-,35-,36-/m1/s1. The second kappa shape index (κ2) is 16.4. The Morgan fingerprint density at radius 3 is 1.98 bits per heavy atom. The molecular formula is C36H65NO13. The minimum Gasteiger partial charge on any atom is -0.459 e. The average Bonchev–Trinajstić information content (AvgIpc) is 3.01. The topological polar surface area (TPSA) is 205 Å². The number of hydrogen-bond donors (Lipinski definition) is 6. The number of rotatable bonds is 6. The summed E-state index contributed by atoms with van der Waals surface area (Å²) in [6.07, 6.45) is -10.7. The number of carbonyl (C=O) groups is 2. The number of hydrogen-bond acceptors (Lipinski definition) is 14. The average molecular weight is 720 g/mol. The molecule has 14 nitrogen and oxygen atoms in total. The highest BCUT2D eigenvalue weighted by Crippen LogP contribution is 2.40. The van der Waals surface area contributed by atoms with Crippen LogP contribution in [0.1, 0.15) is 94.9 Å². The van der Waals surface area contributed by atoms with Crippen LogP contribution in [0.2, 0.25) is 0 Å². The molecule has 3 heterocycles. The number of ketones is 1. The number of likely N-dealkylation sites (N-methyl/N-ethyl adjacent to an activating group) is 1. The summed E-state index contributed by atoms with van der Waals surface area (Å²) in [5.41, 5.74) is -5.42. The van der Waals surface area contributed by atoms with E-state index >= 15 is 0 Å². The van der Waals surface area contributed by atoms with Crippen LogP contribution in [0.4, 0.5) is 0 Å². The van der Waals surface area contributed by atoms with Crippen LogP contribution in [-0.2, 0) is 33.3 Å². The quantitative estimate of drug-likeness (QED) is 0.213. The molecule has 6 N–H and O–H groups in total. The van der Waals surface area contributed by atoms with Crippen LogP contribution in [0.25, 0.3) is 0 Å². The van der Waals surface area contributed by atoms with Crippen molar-refractivity contribution in [3.05, 3.63) is 0 Å². The lowest BCUT2D eigenvalue weighted by Gasteiger charge is -2.48. The van der Waals surface area contributed by atoms with Crippen LogP contribution >= 0.6 is 0 Å². The molecule has 0 aromatic carbocycles. The van der Waals surface area contributed by atoms with E-state index < -0.39 is 108 Å². The van der Waals surface area contributed by atoms with E-state index in [0.29, 0.717) is 6.42 Å². The number of esters is 1. The van der Waals surface area contributed by atoms with Gasteiger partial charge >= 0.3 is 5.97 Å². The van der Waals surface area contributed by atoms with Gasteiger partial charge < -0.3 is 59.2 Å². The fourth-order valence-corrected chi connectivity index (χ4v) is 8.22. The zero-order valence-electron chi connectivity index (χ0n) is 32.0. The molecule has 3 aliphatic heterocycles. The fourth-order valence-electron chi connectivity index (χ4n) is 8.22. The van der Waals surface area contributed by atoms with E-state index in [4.69, 9.17) is 23.7 Å². The molecule has 292 valence electrons. The van der Waals surface area contributed by atoms with Crippen LogP contribution in [0.15, 0.2) is 0 Å². The van der Waals surface area contributed by atoms with E-state index in [2.05, 4.69) is 0 Å². The lowest BCUT2D eigenvalue weighted by atomic mass is 9.74. The summed E-state index contributed by atoms with van der Waals surface area (Å²) in [5, 5.41) is 68.1. The molecule has 0 radical (unpaired) electrons. The number of nitrogens with zero attached hydrogens (tertiary/aromatic N) is 1. The van der Waals surface area contributed by atoms with Crippen molar-refractivity contribution < 1.29 is 63.9 Å². The molecule has 3 fully saturated rings. The molecule has 0 saturated carbocycles. The SMILES string of the molecule is CC[C@H]1OC(=O)[C@H](C)[C@@H](O[C@H]2C[C@@](C)(O)[C@@H](O)[C@H](C)O2)[C@H](C)C(O[C@@H]2O[C@H](C)C[C@H](N(C)C)[C@H]2O)[C@](C)(O)C[C@@H](C)C(=O)[C@H](C)[C@@H](O)[C@]1(C)O. The van der Waals surface area contributed by atoms with Gasteiger partial charge in [0.05, 0.1) is 47.6 Å². The van der Waals surface area contributed by atoms with E-state index in [0.717, 1.165) is 0 Å². The fraction of sp³-hybridized carbons (Fsp3) is 0.944. The molecule has 0 aromatic heterocycles. The van der Waals surface area contributed by atoms with Gasteiger partial charge in [-0.2, -0.15) is 0 Å². The molecule has 0 bridgehead atoms. The molecule has 14 heteroatoms. The first-order valence-corrected chi connectivity index (χ1v) is 18.1. The minimum absolute atomic E-state index is 0.118. The molecule has 18 atom stereocenters. The van der Waals surface area contributed by atoms with Crippen LogP contribution in [-0.4, -0.2) is 146 Å². The number of ether oxygens (including phenoxy) is 5. The Morgan fingerprint density at radius 1 is 0.840 bits per heavy atom. The highest BCUT2D eigenvalue weighted by Gasteiger charge is 2.53. The van der Waals surface area contributed by atoms with Crippen molar-refractivity contribution in [2.24, 2.45) is 23.7 Å². The van der Waals surface area contributed by atoms with Gasteiger partial charge in [-0.05, 0) is 74.9 Å². The van der Waals surface area contributed by atoms with E-state index in [-0.39, 0.29) is 31.4 Å². The summed E-state index contributed by atoms with van der Waals surface area (Å²) < 4.78 is 31.0. The van der Waals surface area contributed by atoms with Crippen LogP contribution < -0.4 is 0 Å². The zero-order chi connectivity index (χ0) is 38.3. The Balaban J connectivity index is 2.17. The van der Waals surface area contributed by atoms with E-state index in [1.54, 1.807) is 34.6 Å². The van der Waals surface area contributed by atoms with E-state index in [9.17, 15) is 40.2 Å². The van der Waals surface area contributed by atoms with Crippen molar-refractivity contribution in [2.75, 3.05) is 14.1 Å². The van der Waals surface area contributed by atoms with Gasteiger partial charge in [-0.3, -0.25) is 9.59 Å². The maximum atomic E-state index is 14.0. The summed E-state index contributed by atoms with van der Waals surface area (Å²) in [7, 11) is 3.67. The smallest absolute Gasteiger partial charge is 0.311 e. The molecule has 3 aliphatic rings. The number of carbonyl (C=O) groups excluding carboxylic acids is 2. The lowest BCUT2D eigenvalue weighted by Crippen LogP contribution is -2.61. The maximum Gasteiger partial charge on any atom is 0.311 e. The summed E-state index contributed by atoms with van der Waals surface area (Å²) in [6.45, 7) is 15.8. The molecule has 0 amide bonds. The Morgan fingerprint density at radius 2 is 1.44 bits per heavy atom. The highest BCUT2D eigenvalue weighted by atomic mass is 16.7.